The van der Waals surface area contributed by atoms with Gasteiger partial charge < -0.3 is 0 Å². The summed E-state index contributed by atoms with van der Waals surface area (Å²) in [6, 6.07) is 8.85. The average Bonchev–Trinajstić information content (AvgIpc) is 2.59. The van der Waals surface area contributed by atoms with E-state index in [2.05, 4.69) is 5.10 Å². The van der Waals surface area contributed by atoms with Gasteiger partial charge in [-0.2, -0.15) is 5.10 Å². The maximum Gasteiger partial charge on any atom is 0.301 e. The first kappa shape index (κ1) is 17.5. The van der Waals surface area contributed by atoms with Crippen LogP contribution in [-0.4, -0.2) is 28.0 Å². The van der Waals surface area contributed by atoms with Gasteiger partial charge in [0.05, 0.1) is 27.1 Å². The number of benzene rings is 2. The first-order chi connectivity index (χ1) is 11.8. The van der Waals surface area contributed by atoms with E-state index in [4.69, 9.17) is 0 Å². The monoisotopic (exact) mass is 345 g/mol. The van der Waals surface area contributed by atoms with Crippen LogP contribution in [0.4, 0.5) is 22.7 Å². The molecule has 0 aliphatic heterocycles. The quantitative estimate of drug-likeness (QED) is 0.444. The lowest BCUT2D eigenvalue weighted by Gasteiger charge is -2.12. The number of nitro benzene ring substituents is 3. The highest BCUT2D eigenvalue weighted by atomic mass is 16.6. The van der Waals surface area contributed by atoms with Crippen molar-refractivity contribution in [2.24, 2.45) is 5.10 Å². The summed E-state index contributed by atoms with van der Waals surface area (Å²) in [5.41, 5.74) is -0.546. The van der Waals surface area contributed by atoms with Gasteiger partial charge in [-0.3, -0.25) is 35.4 Å². The molecule has 0 saturated heterocycles. The number of hydrogen-bond acceptors (Lipinski definition) is 8. The maximum absolute atomic E-state index is 11.1. The molecule has 0 aliphatic carbocycles. The van der Waals surface area contributed by atoms with E-state index >= 15 is 0 Å². The fourth-order valence-electron chi connectivity index (χ4n) is 1.98. The summed E-state index contributed by atoms with van der Waals surface area (Å²) in [6.07, 6.45) is 1.29. The molecule has 25 heavy (non-hydrogen) atoms. The van der Waals surface area contributed by atoms with Gasteiger partial charge >= 0.3 is 5.69 Å². The van der Waals surface area contributed by atoms with Crippen LogP contribution in [-0.2, 0) is 0 Å². The minimum atomic E-state index is -0.748. The molecule has 2 aromatic rings. The van der Waals surface area contributed by atoms with Gasteiger partial charge in [0.15, 0.2) is 0 Å². The normalized spacial score (nSPS) is 10.6. The number of hydrogen-bond donors (Lipinski definition) is 0. The van der Waals surface area contributed by atoms with Crippen molar-refractivity contribution >= 4 is 29.0 Å². The molecule has 0 fully saturated rings. The van der Waals surface area contributed by atoms with Crippen LogP contribution in [0.1, 0.15) is 5.56 Å². The molecule has 11 nitrogen and oxygen atoms in total. The zero-order chi connectivity index (χ0) is 18.6. The molecule has 128 valence electrons. The van der Waals surface area contributed by atoms with Gasteiger partial charge in [-0.1, -0.05) is 12.1 Å². The number of non-ortho nitro benzene ring substituents is 2. The van der Waals surface area contributed by atoms with Crippen molar-refractivity contribution in [2.75, 3.05) is 12.1 Å². The summed E-state index contributed by atoms with van der Waals surface area (Å²) in [5.74, 6) is 0. The zero-order valence-corrected chi connectivity index (χ0v) is 12.8. The summed E-state index contributed by atoms with van der Waals surface area (Å²) in [7, 11) is 1.42. The van der Waals surface area contributed by atoms with Crippen LogP contribution in [0.15, 0.2) is 47.6 Å². The fraction of sp³-hybridized carbons (Fsp3) is 0.0714. The minimum Gasteiger partial charge on any atom is -0.262 e. The van der Waals surface area contributed by atoms with Crippen molar-refractivity contribution in [1.29, 1.82) is 0 Å². The topological polar surface area (TPSA) is 145 Å². The molecule has 0 atom stereocenters. The first-order valence-corrected chi connectivity index (χ1v) is 6.74. The molecular weight excluding hydrogens is 334 g/mol. The second-order valence-electron chi connectivity index (χ2n) is 4.81. The van der Waals surface area contributed by atoms with Gasteiger partial charge in [0, 0.05) is 30.8 Å². The molecule has 0 aromatic heterocycles. The van der Waals surface area contributed by atoms with E-state index < -0.39 is 26.1 Å². The fourth-order valence-corrected chi connectivity index (χ4v) is 1.98. The third-order valence-corrected chi connectivity index (χ3v) is 3.18. The third kappa shape index (κ3) is 4.10. The molecule has 0 unspecified atom stereocenters. The van der Waals surface area contributed by atoms with Gasteiger partial charge in [0.2, 0.25) is 0 Å². The lowest BCUT2D eigenvalue weighted by Crippen LogP contribution is -2.11. The summed E-state index contributed by atoms with van der Waals surface area (Å²) in [6.45, 7) is 0. The molecule has 0 amide bonds. The molecule has 0 aliphatic rings. The Morgan fingerprint density at radius 2 is 1.56 bits per heavy atom. The van der Waals surface area contributed by atoms with E-state index in [0.717, 1.165) is 17.1 Å². The number of nitro groups is 3. The number of hydrazone groups is 1. The van der Waals surface area contributed by atoms with E-state index in [1.807, 2.05) is 0 Å². The molecule has 2 rings (SSSR count). The molecule has 0 N–H and O–H groups in total. The largest absolute Gasteiger partial charge is 0.301 e. The minimum absolute atomic E-state index is 0.0391. The van der Waals surface area contributed by atoms with E-state index in [-0.39, 0.29) is 11.4 Å². The molecular formula is C14H11N5O6. The van der Waals surface area contributed by atoms with E-state index in [1.165, 1.54) is 37.5 Å². The number of nitrogens with zero attached hydrogens (tertiary/aromatic N) is 5. The van der Waals surface area contributed by atoms with Crippen molar-refractivity contribution in [2.45, 2.75) is 0 Å². The van der Waals surface area contributed by atoms with Gasteiger partial charge in [0.25, 0.3) is 11.4 Å². The van der Waals surface area contributed by atoms with E-state index in [1.54, 1.807) is 6.07 Å². The lowest BCUT2D eigenvalue weighted by molar-refractivity contribution is -0.393. The molecule has 0 heterocycles. The highest BCUT2D eigenvalue weighted by Gasteiger charge is 2.21. The van der Waals surface area contributed by atoms with Crippen LogP contribution in [0.3, 0.4) is 0 Å². The maximum atomic E-state index is 11.1. The smallest absolute Gasteiger partial charge is 0.262 e. The molecule has 0 saturated carbocycles. The summed E-state index contributed by atoms with van der Waals surface area (Å²) < 4.78 is 0. The van der Waals surface area contributed by atoms with Crippen LogP contribution < -0.4 is 5.01 Å². The highest BCUT2D eigenvalue weighted by Crippen LogP contribution is 2.31. The average molecular weight is 345 g/mol. The van der Waals surface area contributed by atoms with Crippen molar-refractivity contribution in [3.63, 3.8) is 0 Å². The Hall–Kier alpha value is -3.89. The Morgan fingerprint density at radius 3 is 2.16 bits per heavy atom. The summed E-state index contributed by atoms with van der Waals surface area (Å²) >= 11 is 0. The second kappa shape index (κ2) is 7.12. The second-order valence-corrected chi connectivity index (χ2v) is 4.81. The van der Waals surface area contributed by atoms with Crippen LogP contribution >= 0.6 is 0 Å². The van der Waals surface area contributed by atoms with E-state index in [0.29, 0.717) is 5.56 Å². The Balaban J connectivity index is 2.33. The van der Waals surface area contributed by atoms with Crippen molar-refractivity contribution in [3.8, 4) is 0 Å². The van der Waals surface area contributed by atoms with Crippen molar-refractivity contribution in [3.05, 3.63) is 78.4 Å². The lowest BCUT2D eigenvalue weighted by atomic mass is 10.2. The zero-order valence-electron chi connectivity index (χ0n) is 12.8. The first-order valence-electron chi connectivity index (χ1n) is 6.74. The predicted molar refractivity (Wildman–Crippen MR) is 88.8 cm³/mol. The Labute approximate surface area is 140 Å². The van der Waals surface area contributed by atoms with Crippen LogP contribution in [0.25, 0.3) is 0 Å². The Morgan fingerprint density at radius 1 is 0.920 bits per heavy atom. The highest BCUT2D eigenvalue weighted by molar-refractivity contribution is 5.82. The van der Waals surface area contributed by atoms with Gasteiger partial charge in [-0.05, 0) is 6.07 Å². The summed E-state index contributed by atoms with van der Waals surface area (Å²) in [5, 5.41) is 37.8. The van der Waals surface area contributed by atoms with Gasteiger partial charge in [-0.15, -0.1) is 0 Å². The predicted octanol–water partition coefficient (Wildman–Crippen LogP) is 2.88. The molecule has 0 bridgehead atoms. The number of rotatable bonds is 6. The van der Waals surface area contributed by atoms with Crippen LogP contribution in [0.5, 0.6) is 0 Å². The van der Waals surface area contributed by atoms with Crippen LogP contribution in [0.2, 0.25) is 0 Å². The summed E-state index contributed by atoms with van der Waals surface area (Å²) in [4.78, 5) is 30.6. The SMILES string of the molecule is CN(N=Cc1cccc([N+](=O)[O-])c1)c1ccc([N+](=O)[O-])cc1[N+](=O)[O-]. The van der Waals surface area contributed by atoms with Gasteiger partial charge in [-0.25, -0.2) is 0 Å². The number of anilines is 1. The Kier molecular flexibility index (Phi) is 4.98. The standard InChI is InChI=1S/C14H11N5O6/c1-16(15-9-10-3-2-4-11(7-10)17(20)21)13-6-5-12(18(22)23)8-14(13)19(24)25/h2-9H,1H3. The molecule has 2 aromatic carbocycles. The Bertz CT molecular complexity index is 882. The molecule has 0 spiro atoms. The van der Waals surface area contributed by atoms with E-state index in [9.17, 15) is 30.3 Å². The van der Waals surface area contributed by atoms with Gasteiger partial charge in [0.1, 0.15) is 5.69 Å². The van der Waals surface area contributed by atoms with Crippen LogP contribution in [0, 0.1) is 30.3 Å². The van der Waals surface area contributed by atoms with Crippen molar-refractivity contribution in [1.82, 2.24) is 0 Å². The van der Waals surface area contributed by atoms with Crippen molar-refractivity contribution < 1.29 is 14.8 Å². The third-order valence-electron chi connectivity index (χ3n) is 3.18. The molecule has 11 heteroatoms. The molecule has 0 radical (unpaired) electrons.